The number of rotatable bonds is 5. The maximum absolute atomic E-state index is 11.4. The van der Waals surface area contributed by atoms with E-state index in [1.165, 1.54) is 5.56 Å². The second-order valence-corrected chi connectivity index (χ2v) is 8.37. The van der Waals surface area contributed by atoms with E-state index < -0.39 is 4.92 Å². The van der Waals surface area contributed by atoms with Gasteiger partial charge in [-0.2, -0.15) is 0 Å². The molecule has 3 aromatic carbocycles. The van der Waals surface area contributed by atoms with Gasteiger partial charge < -0.3 is 10.1 Å². The SMILES string of the molecule is O=[N+]([O-])c1cc(C2Nc3ccc(OCc4ccccc4)cc3C3C=CCC32)ccc1Cl. The first-order valence-electron chi connectivity index (χ1n) is 10.3. The highest BCUT2D eigenvalue weighted by Crippen LogP contribution is 2.51. The smallest absolute Gasteiger partial charge is 0.288 e. The van der Waals surface area contributed by atoms with Crippen molar-refractivity contribution < 1.29 is 9.66 Å². The average molecular weight is 433 g/mol. The van der Waals surface area contributed by atoms with Gasteiger partial charge in [0, 0.05) is 17.7 Å². The molecule has 3 aromatic rings. The van der Waals surface area contributed by atoms with Gasteiger partial charge in [0.15, 0.2) is 0 Å². The van der Waals surface area contributed by atoms with Crippen molar-refractivity contribution in [1.82, 2.24) is 0 Å². The summed E-state index contributed by atoms with van der Waals surface area (Å²) in [6, 6.07) is 21.3. The highest BCUT2D eigenvalue weighted by Gasteiger charge is 2.38. The topological polar surface area (TPSA) is 64.4 Å². The predicted molar refractivity (Wildman–Crippen MR) is 122 cm³/mol. The molecule has 1 aliphatic heterocycles. The lowest BCUT2D eigenvalue weighted by Crippen LogP contribution is -2.29. The van der Waals surface area contributed by atoms with Gasteiger partial charge in [0.05, 0.1) is 11.0 Å². The predicted octanol–water partition coefficient (Wildman–Crippen LogP) is 6.65. The number of nitrogens with zero attached hydrogens (tertiary/aromatic N) is 1. The number of nitro groups is 1. The Hall–Kier alpha value is -3.31. The Morgan fingerprint density at radius 3 is 2.74 bits per heavy atom. The number of benzene rings is 3. The zero-order valence-corrected chi connectivity index (χ0v) is 17.5. The summed E-state index contributed by atoms with van der Waals surface area (Å²) in [4.78, 5) is 10.9. The van der Waals surface area contributed by atoms with Gasteiger partial charge >= 0.3 is 0 Å². The number of anilines is 1. The van der Waals surface area contributed by atoms with Crippen LogP contribution < -0.4 is 10.1 Å². The van der Waals surface area contributed by atoms with Crippen molar-refractivity contribution in [2.24, 2.45) is 5.92 Å². The van der Waals surface area contributed by atoms with Crippen LogP contribution in [0.2, 0.25) is 5.02 Å². The molecule has 5 nitrogen and oxygen atoms in total. The highest BCUT2D eigenvalue weighted by atomic mass is 35.5. The molecule has 0 radical (unpaired) electrons. The number of nitro benzene ring substituents is 1. The molecule has 1 heterocycles. The molecular weight excluding hydrogens is 412 g/mol. The lowest BCUT2D eigenvalue weighted by atomic mass is 9.77. The van der Waals surface area contributed by atoms with E-state index in [9.17, 15) is 10.1 Å². The fraction of sp³-hybridized carbons (Fsp3) is 0.200. The molecule has 0 amide bonds. The van der Waals surface area contributed by atoms with Gasteiger partial charge in [-0.05, 0) is 53.3 Å². The minimum Gasteiger partial charge on any atom is -0.489 e. The summed E-state index contributed by atoms with van der Waals surface area (Å²) in [6.45, 7) is 0.522. The molecule has 3 unspecified atom stereocenters. The number of nitrogens with one attached hydrogen (secondary N) is 1. The van der Waals surface area contributed by atoms with Crippen molar-refractivity contribution >= 4 is 23.0 Å². The van der Waals surface area contributed by atoms with Crippen LogP contribution in [-0.4, -0.2) is 4.92 Å². The van der Waals surface area contributed by atoms with Gasteiger partial charge in [-0.15, -0.1) is 0 Å². The number of hydrogen-bond acceptors (Lipinski definition) is 4. The Morgan fingerprint density at radius 2 is 1.94 bits per heavy atom. The monoisotopic (exact) mass is 432 g/mol. The van der Waals surface area contributed by atoms with Crippen LogP contribution in [-0.2, 0) is 6.61 Å². The van der Waals surface area contributed by atoms with Gasteiger partial charge in [-0.25, -0.2) is 0 Å². The normalized spacial score (nSPS) is 21.1. The van der Waals surface area contributed by atoms with E-state index in [1.54, 1.807) is 12.1 Å². The number of fused-ring (bicyclic) bond motifs is 3. The Bertz CT molecular complexity index is 1160. The molecule has 3 atom stereocenters. The summed E-state index contributed by atoms with van der Waals surface area (Å²) in [5.41, 5.74) is 4.18. The molecule has 0 bridgehead atoms. The number of allylic oxidation sites excluding steroid dienone is 2. The zero-order chi connectivity index (χ0) is 21.4. The van der Waals surface area contributed by atoms with Crippen molar-refractivity contribution in [2.75, 3.05) is 5.32 Å². The first-order valence-corrected chi connectivity index (χ1v) is 10.7. The fourth-order valence-corrected chi connectivity index (χ4v) is 4.78. The summed E-state index contributed by atoms with van der Waals surface area (Å²) in [5, 5.41) is 15.1. The fourth-order valence-electron chi connectivity index (χ4n) is 4.60. The first-order chi connectivity index (χ1) is 15.1. The van der Waals surface area contributed by atoms with E-state index in [4.69, 9.17) is 16.3 Å². The third kappa shape index (κ3) is 3.77. The van der Waals surface area contributed by atoms with E-state index in [0.29, 0.717) is 6.61 Å². The third-order valence-corrected chi connectivity index (χ3v) is 6.43. The highest BCUT2D eigenvalue weighted by molar-refractivity contribution is 6.32. The van der Waals surface area contributed by atoms with E-state index in [-0.39, 0.29) is 28.6 Å². The van der Waals surface area contributed by atoms with E-state index in [0.717, 1.165) is 29.0 Å². The van der Waals surface area contributed by atoms with Crippen molar-refractivity contribution in [2.45, 2.75) is 25.0 Å². The largest absolute Gasteiger partial charge is 0.489 e. The van der Waals surface area contributed by atoms with Crippen LogP contribution in [0.3, 0.4) is 0 Å². The Morgan fingerprint density at radius 1 is 1.10 bits per heavy atom. The molecule has 156 valence electrons. The molecule has 0 saturated carbocycles. The van der Waals surface area contributed by atoms with Crippen LogP contribution in [0.5, 0.6) is 5.75 Å². The molecule has 0 saturated heterocycles. The molecule has 0 spiro atoms. The van der Waals surface area contributed by atoms with Crippen LogP contribution in [0.25, 0.3) is 0 Å². The van der Waals surface area contributed by atoms with Crippen molar-refractivity contribution in [3.8, 4) is 5.75 Å². The van der Waals surface area contributed by atoms with Gasteiger partial charge in [0.1, 0.15) is 17.4 Å². The molecule has 5 rings (SSSR count). The number of ether oxygens (including phenoxy) is 1. The molecular formula is C25H21ClN2O3. The van der Waals surface area contributed by atoms with Crippen molar-refractivity contribution in [3.05, 3.63) is 111 Å². The average Bonchev–Trinajstić information content (AvgIpc) is 3.28. The molecule has 1 aliphatic carbocycles. The molecule has 2 aliphatic rings. The van der Waals surface area contributed by atoms with Crippen LogP contribution in [0.4, 0.5) is 11.4 Å². The summed E-state index contributed by atoms with van der Waals surface area (Å²) in [6.07, 6.45) is 5.34. The minimum absolute atomic E-state index is 0.0282. The molecule has 31 heavy (non-hydrogen) atoms. The van der Waals surface area contributed by atoms with Crippen LogP contribution in [0.1, 0.15) is 35.1 Å². The molecule has 6 heteroatoms. The first kappa shape index (κ1) is 19.6. The van der Waals surface area contributed by atoms with Crippen LogP contribution in [0, 0.1) is 16.0 Å². The van der Waals surface area contributed by atoms with Crippen molar-refractivity contribution in [1.29, 1.82) is 0 Å². The maximum atomic E-state index is 11.4. The summed E-state index contributed by atoms with van der Waals surface area (Å²) >= 11 is 6.03. The molecule has 0 aromatic heterocycles. The quantitative estimate of drug-likeness (QED) is 0.278. The van der Waals surface area contributed by atoms with Gasteiger partial charge in [-0.3, -0.25) is 10.1 Å². The summed E-state index contributed by atoms with van der Waals surface area (Å²) in [7, 11) is 0. The molecule has 0 fully saturated rings. The van der Waals surface area contributed by atoms with Crippen molar-refractivity contribution in [3.63, 3.8) is 0 Å². The van der Waals surface area contributed by atoms with E-state index in [2.05, 4.69) is 23.5 Å². The van der Waals surface area contributed by atoms with Gasteiger partial charge in [0.25, 0.3) is 5.69 Å². The Labute approximate surface area is 185 Å². The Balaban J connectivity index is 1.43. The van der Waals surface area contributed by atoms with Crippen LogP contribution >= 0.6 is 11.6 Å². The standard InChI is InChI=1S/C25H21ClN2O3/c26-22-11-9-17(13-24(22)28(29)30)25-20-8-4-7-19(20)21-14-18(10-12-23(21)27-25)31-15-16-5-2-1-3-6-16/h1-7,9-14,19-20,25,27H,8,15H2. The summed E-state index contributed by atoms with van der Waals surface area (Å²) in [5.74, 6) is 1.35. The number of hydrogen-bond donors (Lipinski definition) is 1. The number of halogens is 1. The van der Waals surface area contributed by atoms with E-state index in [1.807, 2.05) is 48.5 Å². The second kappa shape index (κ2) is 8.08. The zero-order valence-electron chi connectivity index (χ0n) is 16.7. The van der Waals surface area contributed by atoms with Gasteiger partial charge in [-0.1, -0.05) is 60.2 Å². The molecule has 1 N–H and O–H groups in total. The Kier molecular flexibility index (Phi) is 5.12. The lowest BCUT2D eigenvalue weighted by molar-refractivity contribution is -0.384. The van der Waals surface area contributed by atoms with E-state index >= 15 is 0 Å². The third-order valence-electron chi connectivity index (χ3n) is 6.11. The lowest BCUT2D eigenvalue weighted by Gasteiger charge is -2.37. The van der Waals surface area contributed by atoms with Gasteiger partial charge in [0.2, 0.25) is 0 Å². The second-order valence-electron chi connectivity index (χ2n) is 7.97. The minimum atomic E-state index is -0.427. The summed E-state index contributed by atoms with van der Waals surface area (Å²) < 4.78 is 6.03. The van der Waals surface area contributed by atoms with Crippen LogP contribution in [0.15, 0.2) is 78.9 Å². The maximum Gasteiger partial charge on any atom is 0.288 e.